The Morgan fingerprint density at radius 2 is 2.18 bits per heavy atom. The van der Waals surface area contributed by atoms with E-state index in [2.05, 4.69) is 0 Å². The summed E-state index contributed by atoms with van der Waals surface area (Å²) >= 11 is 5.75. The predicted octanol–water partition coefficient (Wildman–Crippen LogP) is 2.21. The van der Waals surface area contributed by atoms with E-state index in [0.29, 0.717) is 17.0 Å². The molecule has 0 atom stereocenters. The summed E-state index contributed by atoms with van der Waals surface area (Å²) < 4.78 is 13.4. The van der Waals surface area contributed by atoms with Crippen LogP contribution in [0.3, 0.4) is 0 Å². The number of nitrogens with zero attached hydrogens (tertiary/aromatic N) is 1. The molecule has 0 spiro atoms. The van der Waals surface area contributed by atoms with Crippen molar-refractivity contribution in [3.8, 4) is 0 Å². The van der Waals surface area contributed by atoms with Gasteiger partial charge in [-0.3, -0.25) is 4.79 Å². The van der Waals surface area contributed by atoms with Crippen LogP contribution in [-0.4, -0.2) is 28.6 Å². The molecule has 0 saturated carbocycles. The molecule has 1 amide bonds. The van der Waals surface area contributed by atoms with Gasteiger partial charge >= 0.3 is 0 Å². The highest BCUT2D eigenvalue weighted by atomic mass is 35.5. The van der Waals surface area contributed by atoms with Crippen molar-refractivity contribution in [2.24, 2.45) is 0 Å². The highest BCUT2D eigenvalue weighted by Crippen LogP contribution is 2.17. The molecule has 0 heterocycles. The topological polar surface area (TPSA) is 40.5 Å². The maximum Gasteiger partial charge on any atom is 0.210 e. The van der Waals surface area contributed by atoms with Crippen LogP contribution < -0.4 is 0 Å². The summed E-state index contributed by atoms with van der Waals surface area (Å²) in [4.78, 5) is 12.1. The number of rotatable bonds is 5. The van der Waals surface area contributed by atoms with E-state index in [1.165, 1.54) is 23.1 Å². The number of hydrogen-bond donors (Lipinski definition) is 1. The molecule has 0 unspecified atom stereocenters. The van der Waals surface area contributed by atoms with Gasteiger partial charge in [0.2, 0.25) is 6.41 Å². The van der Waals surface area contributed by atoms with Gasteiger partial charge in [-0.25, -0.2) is 4.39 Å². The molecular formula is C12H15ClFNO2. The molecule has 1 rings (SSSR count). The van der Waals surface area contributed by atoms with Crippen molar-refractivity contribution in [2.75, 3.05) is 6.54 Å². The molecule has 5 heteroatoms. The van der Waals surface area contributed by atoms with Crippen LogP contribution in [0.2, 0.25) is 5.02 Å². The third-order valence-electron chi connectivity index (χ3n) is 2.12. The first-order valence-electron chi connectivity index (χ1n) is 5.17. The van der Waals surface area contributed by atoms with Gasteiger partial charge in [-0.15, -0.1) is 0 Å². The van der Waals surface area contributed by atoms with Crippen LogP contribution in [0.1, 0.15) is 19.4 Å². The van der Waals surface area contributed by atoms with Gasteiger partial charge in [0.25, 0.3) is 0 Å². The van der Waals surface area contributed by atoms with Gasteiger partial charge in [-0.1, -0.05) is 11.6 Å². The standard InChI is InChI=1S/C12H15ClFNO2/c1-12(2,17)7-15(8-16)6-9-5-10(13)3-4-11(9)14/h3-5,8,17H,6-7H2,1-2H3. The Bertz CT molecular complexity index is 404. The van der Waals surface area contributed by atoms with E-state index in [-0.39, 0.29) is 13.1 Å². The minimum absolute atomic E-state index is 0.0832. The molecule has 1 aromatic rings. The smallest absolute Gasteiger partial charge is 0.210 e. The monoisotopic (exact) mass is 259 g/mol. The molecule has 1 aromatic carbocycles. The summed E-state index contributed by atoms with van der Waals surface area (Å²) in [7, 11) is 0. The van der Waals surface area contributed by atoms with Crippen LogP contribution in [0.15, 0.2) is 18.2 Å². The second-order valence-corrected chi connectivity index (χ2v) is 4.99. The maximum absolute atomic E-state index is 13.4. The second-order valence-electron chi connectivity index (χ2n) is 4.56. The summed E-state index contributed by atoms with van der Waals surface area (Å²) in [6.07, 6.45) is 0.582. The third kappa shape index (κ3) is 4.71. The molecule has 0 saturated heterocycles. The zero-order chi connectivity index (χ0) is 13.1. The zero-order valence-electron chi connectivity index (χ0n) is 9.78. The summed E-state index contributed by atoms with van der Waals surface area (Å²) in [5.74, 6) is -0.419. The fourth-order valence-electron chi connectivity index (χ4n) is 1.51. The van der Waals surface area contributed by atoms with Crippen LogP contribution in [0.25, 0.3) is 0 Å². The molecule has 0 aromatic heterocycles. The van der Waals surface area contributed by atoms with E-state index < -0.39 is 11.4 Å². The highest BCUT2D eigenvalue weighted by Gasteiger charge is 2.18. The number of carbonyl (C=O) groups excluding carboxylic acids is 1. The molecule has 17 heavy (non-hydrogen) atoms. The van der Waals surface area contributed by atoms with E-state index in [4.69, 9.17) is 11.6 Å². The Morgan fingerprint density at radius 3 is 2.71 bits per heavy atom. The molecule has 0 radical (unpaired) electrons. The van der Waals surface area contributed by atoms with E-state index in [1.807, 2.05) is 0 Å². The van der Waals surface area contributed by atoms with Crippen LogP contribution in [0.4, 0.5) is 4.39 Å². The number of carbonyl (C=O) groups is 1. The molecule has 0 aliphatic carbocycles. The van der Waals surface area contributed by atoms with Crippen molar-refractivity contribution in [1.82, 2.24) is 4.90 Å². The Morgan fingerprint density at radius 1 is 1.53 bits per heavy atom. The van der Waals surface area contributed by atoms with E-state index in [0.717, 1.165) is 0 Å². The maximum atomic E-state index is 13.4. The van der Waals surface area contributed by atoms with Gasteiger partial charge in [0.15, 0.2) is 0 Å². The van der Waals surface area contributed by atoms with E-state index in [9.17, 15) is 14.3 Å². The lowest BCUT2D eigenvalue weighted by atomic mass is 10.1. The average Bonchev–Trinajstić information content (AvgIpc) is 2.20. The number of amides is 1. The third-order valence-corrected chi connectivity index (χ3v) is 2.36. The first kappa shape index (κ1) is 13.9. The fourth-order valence-corrected chi connectivity index (χ4v) is 1.71. The zero-order valence-corrected chi connectivity index (χ0v) is 10.5. The minimum atomic E-state index is -1.02. The summed E-state index contributed by atoms with van der Waals surface area (Å²) in [6, 6.07) is 4.17. The van der Waals surface area contributed by atoms with Crippen molar-refractivity contribution >= 4 is 18.0 Å². The summed E-state index contributed by atoms with van der Waals surface area (Å²) in [5.41, 5.74) is -0.690. The summed E-state index contributed by atoms with van der Waals surface area (Å²) in [6.45, 7) is 3.37. The minimum Gasteiger partial charge on any atom is -0.389 e. The van der Waals surface area contributed by atoms with Crippen molar-refractivity contribution in [2.45, 2.75) is 26.0 Å². The predicted molar refractivity (Wildman–Crippen MR) is 64.2 cm³/mol. The molecule has 0 aliphatic heterocycles. The van der Waals surface area contributed by atoms with E-state index in [1.54, 1.807) is 13.8 Å². The molecular weight excluding hydrogens is 245 g/mol. The molecule has 0 aliphatic rings. The fraction of sp³-hybridized carbons (Fsp3) is 0.417. The SMILES string of the molecule is CC(C)(O)CN(C=O)Cc1cc(Cl)ccc1F. The number of aliphatic hydroxyl groups is 1. The first-order valence-corrected chi connectivity index (χ1v) is 5.55. The molecule has 1 N–H and O–H groups in total. The average molecular weight is 260 g/mol. The lowest BCUT2D eigenvalue weighted by molar-refractivity contribution is -0.121. The van der Waals surface area contributed by atoms with Crippen molar-refractivity contribution in [1.29, 1.82) is 0 Å². The quantitative estimate of drug-likeness (QED) is 0.824. The lowest BCUT2D eigenvalue weighted by Gasteiger charge is -2.25. The van der Waals surface area contributed by atoms with Crippen molar-refractivity contribution in [3.63, 3.8) is 0 Å². The number of benzene rings is 1. The van der Waals surface area contributed by atoms with Crippen molar-refractivity contribution < 1.29 is 14.3 Å². The lowest BCUT2D eigenvalue weighted by Crippen LogP contribution is -2.37. The largest absolute Gasteiger partial charge is 0.389 e. The van der Waals surface area contributed by atoms with Gasteiger partial charge in [0.05, 0.1) is 5.60 Å². The Labute approximate surface area is 105 Å². The number of hydrogen-bond acceptors (Lipinski definition) is 2. The highest BCUT2D eigenvalue weighted by molar-refractivity contribution is 6.30. The molecule has 0 fully saturated rings. The Kier molecular flexibility index (Phi) is 4.48. The van der Waals surface area contributed by atoms with Gasteiger partial charge in [0.1, 0.15) is 5.82 Å². The molecule has 3 nitrogen and oxygen atoms in total. The van der Waals surface area contributed by atoms with Gasteiger partial charge < -0.3 is 10.0 Å². The normalized spacial score (nSPS) is 11.4. The first-order chi connectivity index (χ1) is 7.81. The van der Waals surface area contributed by atoms with Crippen LogP contribution in [0, 0.1) is 5.82 Å². The Balaban J connectivity index is 2.80. The molecule has 94 valence electrons. The Hall–Kier alpha value is -1.13. The van der Waals surface area contributed by atoms with E-state index >= 15 is 0 Å². The van der Waals surface area contributed by atoms with Crippen LogP contribution in [0.5, 0.6) is 0 Å². The van der Waals surface area contributed by atoms with Gasteiger partial charge in [-0.05, 0) is 32.0 Å². The van der Waals surface area contributed by atoms with Gasteiger partial charge in [0, 0.05) is 23.7 Å². The molecule has 0 bridgehead atoms. The van der Waals surface area contributed by atoms with Crippen molar-refractivity contribution in [3.05, 3.63) is 34.6 Å². The summed E-state index contributed by atoms with van der Waals surface area (Å²) in [5, 5.41) is 10.0. The number of halogens is 2. The van der Waals surface area contributed by atoms with Crippen LogP contribution in [-0.2, 0) is 11.3 Å². The second kappa shape index (κ2) is 5.47. The van der Waals surface area contributed by atoms with Gasteiger partial charge in [-0.2, -0.15) is 0 Å². The van der Waals surface area contributed by atoms with Crippen LogP contribution >= 0.6 is 11.6 Å².